The van der Waals surface area contributed by atoms with E-state index < -0.39 is 0 Å². The summed E-state index contributed by atoms with van der Waals surface area (Å²) in [7, 11) is 0. The topological polar surface area (TPSA) is 49.8 Å². The zero-order chi connectivity index (χ0) is 14.3. The summed E-state index contributed by atoms with van der Waals surface area (Å²) in [6.45, 7) is 4.47. The van der Waals surface area contributed by atoms with E-state index in [9.17, 15) is 4.79 Å². The molecular weight excluding hydrogens is 310 g/mol. The van der Waals surface area contributed by atoms with E-state index in [4.69, 9.17) is 9.84 Å². The summed E-state index contributed by atoms with van der Waals surface area (Å²) >= 11 is 3.50. The van der Waals surface area contributed by atoms with Crippen molar-refractivity contribution in [1.29, 1.82) is 0 Å². The van der Waals surface area contributed by atoms with Crippen LogP contribution in [0, 0.1) is 0 Å². The highest BCUT2D eigenvalue weighted by Crippen LogP contribution is 2.28. The lowest BCUT2D eigenvalue weighted by molar-refractivity contribution is 0.0730. The van der Waals surface area contributed by atoms with Gasteiger partial charge in [-0.2, -0.15) is 0 Å². The van der Waals surface area contributed by atoms with Gasteiger partial charge >= 0.3 is 6.09 Å². The number of halogens is 1. The second-order valence-corrected chi connectivity index (χ2v) is 5.08. The van der Waals surface area contributed by atoms with Crippen LogP contribution in [0.15, 0.2) is 28.7 Å². The minimum Gasteiger partial charge on any atom is -0.447 e. The number of carbonyl (C=O) groups is 1. The smallest absolute Gasteiger partial charge is 0.410 e. The summed E-state index contributed by atoms with van der Waals surface area (Å²) in [4.78, 5) is 13.7. The molecule has 0 heterocycles. The highest BCUT2D eigenvalue weighted by Gasteiger charge is 2.23. The largest absolute Gasteiger partial charge is 0.447 e. The van der Waals surface area contributed by atoms with E-state index in [0.717, 1.165) is 16.5 Å². The van der Waals surface area contributed by atoms with Gasteiger partial charge in [0.1, 0.15) is 6.61 Å². The molecular formula is C14H20BrNO3. The molecule has 0 fully saturated rings. The van der Waals surface area contributed by atoms with Crippen molar-refractivity contribution in [3.8, 4) is 0 Å². The summed E-state index contributed by atoms with van der Waals surface area (Å²) in [6.07, 6.45) is 0.461. The first-order chi connectivity index (χ1) is 9.11. The molecule has 1 N–H and O–H groups in total. The van der Waals surface area contributed by atoms with Crippen molar-refractivity contribution in [1.82, 2.24) is 4.90 Å². The molecule has 1 aromatic carbocycles. The quantitative estimate of drug-likeness (QED) is 0.870. The summed E-state index contributed by atoms with van der Waals surface area (Å²) in [5.74, 6) is 0. The molecule has 19 heavy (non-hydrogen) atoms. The summed E-state index contributed by atoms with van der Waals surface area (Å²) in [6, 6.07) is 7.74. The van der Waals surface area contributed by atoms with E-state index in [2.05, 4.69) is 15.9 Å². The van der Waals surface area contributed by atoms with Crippen molar-refractivity contribution in [2.75, 3.05) is 19.8 Å². The van der Waals surface area contributed by atoms with Crippen LogP contribution in [0.1, 0.15) is 31.9 Å². The molecule has 0 aromatic heterocycles. The Morgan fingerprint density at radius 1 is 1.47 bits per heavy atom. The highest BCUT2D eigenvalue weighted by atomic mass is 79.9. The van der Waals surface area contributed by atoms with E-state index >= 15 is 0 Å². The van der Waals surface area contributed by atoms with Crippen molar-refractivity contribution < 1.29 is 14.6 Å². The highest BCUT2D eigenvalue weighted by molar-refractivity contribution is 9.10. The Labute approximate surface area is 122 Å². The molecule has 1 unspecified atom stereocenters. The maximum absolute atomic E-state index is 12.0. The van der Waals surface area contributed by atoms with Gasteiger partial charge in [-0.3, -0.25) is 0 Å². The number of ether oxygens (including phenoxy) is 1. The molecule has 0 radical (unpaired) electrons. The minimum atomic E-state index is -0.390. The first-order valence-corrected chi connectivity index (χ1v) is 7.19. The van der Waals surface area contributed by atoms with Gasteiger partial charge in [0.05, 0.1) is 12.6 Å². The zero-order valence-corrected chi connectivity index (χ0v) is 12.9. The van der Waals surface area contributed by atoms with E-state index in [1.54, 1.807) is 4.90 Å². The Kier molecular flexibility index (Phi) is 6.87. The van der Waals surface area contributed by atoms with Gasteiger partial charge in [0, 0.05) is 11.0 Å². The first kappa shape index (κ1) is 16.0. The Morgan fingerprint density at radius 3 is 2.74 bits per heavy atom. The van der Waals surface area contributed by atoms with E-state index in [-0.39, 0.29) is 25.3 Å². The molecule has 0 aliphatic rings. The SMILES string of the molecule is CCCN(C(=O)OCCO)C(C)c1ccccc1Br. The third-order valence-electron chi connectivity index (χ3n) is 2.84. The second kappa shape index (κ2) is 8.17. The standard InChI is InChI=1S/C14H20BrNO3/c1-3-8-16(14(18)19-10-9-17)11(2)12-6-4-5-7-13(12)15/h4-7,11,17H,3,8-10H2,1-2H3. The molecule has 1 amide bonds. The zero-order valence-electron chi connectivity index (χ0n) is 11.3. The Balaban J connectivity index is 2.86. The number of hydrogen-bond donors (Lipinski definition) is 1. The van der Waals surface area contributed by atoms with Gasteiger partial charge in [-0.15, -0.1) is 0 Å². The number of carbonyl (C=O) groups excluding carboxylic acids is 1. The third kappa shape index (κ3) is 4.51. The van der Waals surface area contributed by atoms with Crippen molar-refractivity contribution in [2.45, 2.75) is 26.3 Å². The number of benzene rings is 1. The fraction of sp³-hybridized carbons (Fsp3) is 0.500. The lowest BCUT2D eigenvalue weighted by Crippen LogP contribution is -2.35. The molecule has 0 bridgehead atoms. The molecule has 1 aromatic rings. The van der Waals surface area contributed by atoms with Gasteiger partial charge in [0.15, 0.2) is 0 Å². The molecule has 0 spiro atoms. The van der Waals surface area contributed by atoms with Crippen LogP contribution in [-0.4, -0.2) is 35.9 Å². The Morgan fingerprint density at radius 2 is 2.16 bits per heavy atom. The van der Waals surface area contributed by atoms with Crippen LogP contribution in [-0.2, 0) is 4.74 Å². The second-order valence-electron chi connectivity index (χ2n) is 4.23. The molecule has 5 heteroatoms. The average Bonchev–Trinajstić information content (AvgIpc) is 2.42. The predicted molar refractivity (Wildman–Crippen MR) is 78.0 cm³/mol. The number of aliphatic hydroxyl groups is 1. The molecule has 0 aliphatic heterocycles. The van der Waals surface area contributed by atoms with Gasteiger partial charge in [0.25, 0.3) is 0 Å². The maximum Gasteiger partial charge on any atom is 0.410 e. The average molecular weight is 330 g/mol. The summed E-state index contributed by atoms with van der Waals surface area (Å²) in [5.41, 5.74) is 1.04. The van der Waals surface area contributed by atoms with Crippen molar-refractivity contribution in [3.63, 3.8) is 0 Å². The van der Waals surface area contributed by atoms with E-state index in [1.807, 2.05) is 38.1 Å². The van der Waals surface area contributed by atoms with E-state index in [1.165, 1.54) is 0 Å². The number of hydrogen-bond acceptors (Lipinski definition) is 3. The van der Waals surface area contributed by atoms with Crippen LogP contribution in [0.2, 0.25) is 0 Å². The monoisotopic (exact) mass is 329 g/mol. The van der Waals surface area contributed by atoms with E-state index in [0.29, 0.717) is 6.54 Å². The minimum absolute atomic E-state index is 0.0295. The number of nitrogens with zero attached hydrogens (tertiary/aromatic N) is 1. The number of aliphatic hydroxyl groups excluding tert-OH is 1. The lowest BCUT2D eigenvalue weighted by Gasteiger charge is -2.29. The van der Waals surface area contributed by atoms with Crippen molar-refractivity contribution >= 4 is 22.0 Å². The molecule has 4 nitrogen and oxygen atoms in total. The van der Waals surface area contributed by atoms with Crippen LogP contribution in [0.5, 0.6) is 0 Å². The third-order valence-corrected chi connectivity index (χ3v) is 3.56. The normalized spacial score (nSPS) is 12.0. The molecule has 0 saturated carbocycles. The molecule has 0 aliphatic carbocycles. The van der Waals surface area contributed by atoms with Gasteiger partial charge in [-0.05, 0) is 25.0 Å². The molecule has 1 atom stereocenters. The van der Waals surface area contributed by atoms with Crippen LogP contribution < -0.4 is 0 Å². The fourth-order valence-corrected chi connectivity index (χ4v) is 2.50. The van der Waals surface area contributed by atoms with Gasteiger partial charge in [-0.25, -0.2) is 4.79 Å². The molecule has 0 saturated heterocycles. The molecule has 1 rings (SSSR count). The lowest BCUT2D eigenvalue weighted by atomic mass is 10.1. The molecule has 106 valence electrons. The van der Waals surface area contributed by atoms with Gasteiger partial charge < -0.3 is 14.7 Å². The van der Waals surface area contributed by atoms with Gasteiger partial charge in [-0.1, -0.05) is 41.1 Å². The predicted octanol–water partition coefficient (Wildman–Crippen LogP) is 3.35. The Hall–Kier alpha value is -1.07. The van der Waals surface area contributed by atoms with Crippen molar-refractivity contribution in [2.24, 2.45) is 0 Å². The fourth-order valence-electron chi connectivity index (χ4n) is 1.88. The number of amides is 1. The van der Waals surface area contributed by atoms with Gasteiger partial charge in [0.2, 0.25) is 0 Å². The van der Waals surface area contributed by atoms with Crippen LogP contribution in [0.4, 0.5) is 4.79 Å². The Bertz CT molecular complexity index is 411. The summed E-state index contributed by atoms with van der Waals surface area (Å²) < 4.78 is 5.98. The van der Waals surface area contributed by atoms with Crippen LogP contribution in [0.25, 0.3) is 0 Å². The van der Waals surface area contributed by atoms with Crippen LogP contribution in [0.3, 0.4) is 0 Å². The number of rotatable bonds is 6. The maximum atomic E-state index is 12.0. The van der Waals surface area contributed by atoms with Crippen LogP contribution >= 0.6 is 15.9 Å². The van der Waals surface area contributed by atoms with Crippen molar-refractivity contribution in [3.05, 3.63) is 34.3 Å². The summed E-state index contributed by atoms with van der Waals surface area (Å²) in [5, 5.41) is 8.72. The first-order valence-electron chi connectivity index (χ1n) is 6.40.